The highest BCUT2D eigenvalue weighted by molar-refractivity contribution is 6.07. The van der Waals surface area contributed by atoms with Crippen molar-refractivity contribution in [3.05, 3.63) is 71.8 Å². The molecular weight excluding hydrogens is 356 g/mol. The lowest BCUT2D eigenvalue weighted by Crippen LogP contribution is -2.58. The monoisotopic (exact) mass is 378 g/mol. The summed E-state index contributed by atoms with van der Waals surface area (Å²) in [5, 5.41) is 14.5. The maximum absolute atomic E-state index is 12.9. The number of carboxylic acid groups (broad SMARTS) is 1. The Morgan fingerprint density at radius 1 is 1.00 bits per heavy atom. The van der Waals surface area contributed by atoms with Crippen LogP contribution in [-0.2, 0) is 9.59 Å². The minimum atomic E-state index is -1.10. The van der Waals surface area contributed by atoms with Crippen molar-refractivity contribution in [1.82, 2.24) is 10.6 Å². The van der Waals surface area contributed by atoms with Gasteiger partial charge in [-0.2, -0.15) is 0 Å². The summed E-state index contributed by atoms with van der Waals surface area (Å²) in [7, 11) is 0. The number of nitrogens with one attached hydrogen (secondary N) is 2. The van der Waals surface area contributed by atoms with E-state index in [0.29, 0.717) is 19.3 Å². The third-order valence-corrected chi connectivity index (χ3v) is 6.08. The number of aliphatic carboxylic acids is 1. The zero-order valence-corrected chi connectivity index (χ0v) is 15.3. The van der Waals surface area contributed by atoms with Crippen LogP contribution < -0.4 is 10.6 Å². The van der Waals surface area contributed by atoms with Crippen molar-refractivity contribution in [2.75, 3.05) is 0 Å². The maximum atomic E-state index is 12.9. The van der Waals surface area contributed by atoms with E-state index in [9.17, 15) is 19.5 Å². The summed E-state index contributed by atoms with van der Waals surface area (Å²) in [4.78, 5) is 36.2. The van der Waals surface area contributed by atoms with E-state index in [1.807, 2.05) is 60.7 Å². The van der Waals surface area contributed by atoms with E-state index in [1.54, 1.807) is 0 Å². The number of urea groups is 1. The highest BCUT2D eigenvalue weighted by Gasteiger charge is 2.57. The molecule has 3 amide bonds. The molecule has 2 fully saturated rings. The van der Waals surface area contributed by atoms with Crippen LogP contribution in [0.2, 0.25) is 0 Å². The van der Waals surface area contributed by atoms with Gasteiger partial charge in [0.15, 0.2) is 0 Å². The second kappa shape index (κ2) is 7.11. The molecule has 6 nitrogen and oxygen atoms in total. The zero-order chi connectivity index (χ0) is 19.7. The molecule has 6 heteroatoms. The summed E-state index contributed by atoms with van der Waals surface area (Å²) in [5.41, 5.74) is 1.01. The maximum Gasteiger partial charge on any atom is 0.322 e. The first-order valence-corrected chi connectivity index (χ1v) is 9.46. The largest absolute Gasteiger partial charge is 0.481 e. The van der Waals surface area contributed by atoms with E-state index >= 15 is 0 Å². The third kappa shape index (κ3) is 3.15. The summed E-state index contributed by atoms with van der Waals surface area (Å²) in [6.07, 6.45) is 1.16. The number of rotatable bonds is 6. The van der Waals surface area contributed by atoms with Crippen LogP contribution in [0.1, 0.15) is 36.3 Å². The summed E-state index contributed by atoms with van der Waals surface area (Å²) >= 11 is 0. The molecule has 0 bridgehead atoms. The molecule has 3 N–H and O–H groups in total. The van der Waals surface area contributed by atoms with E-state index in [1.165, 1.54) is 0 Å². The smallest absolute Gasteiger partial charge is 0.322 e. The van der Waals surface area contributed by atoms with Gasteiger partial charge in [0.25, 0.3) is 5.91 Å². The second-order valence-electron chi connectivity index (χ2n) is 7.66. The molecule has 144 valence electrons. The number of carbonyl (C=O) groups excluding carboxylic acids is 2. The quantitative estimate of drug-likeness (QED) is 0.674. The van der Waals surface area contributed by atoms with Gasteiger partial charge >= 0.3 is 12.0 Å². The molecule has 0 aromatic heterocycles. The molecule has 0 spiro atoms. The van der Waals surface area contributed by atoms with E-state index in [-0.39, 0.29) is 17.7 Å². The van der Waals surface area contributed by atoms with Crippen LogP contribution in [0, 0.1) is 11.8 Å². The van der Waals surface area contributed by atoms with Gasteiger partial charge in [-0.15, -0.1) is 0 Å². The molecule has 2 aliphatic rings. The number of carboxylic acids is 1. The number of amides is 3. The van der Waals surface area contributed by atoms with Gasteiger partial charge in [0.05, 0.1) is 5.92 Å². The molecule has 28 heavy (non-hydrogen) atoms. The topological polar surface area (TPSA) is 95.5 Å². The highest BCUT2D eigenvalue weighted by Crippen LogP contribution is 2.47. The predicted octanol–water partition coefficient (Wildman–Crippen LogP) is 2.90. The second-order valence-corrected chi connectivity index (χ2v) is 7.66. The first-order valence-electron chi connectivity index (χ1n) is 9.46. The Morgan fingerprint density at radius 2 is 1.54 bits per heavy atom. The highest BCUT2D eigenvalue weighted by atomic mass is 16.4. The van der Waals surface area contributed by atoms with Crippen LogP contribution in [0.5, 0.6) is 0 Å². The Labute approximate surface area is 163 Å². The number of benzene rings is 2. The Morgan fingerprint density at radius 3 is 1.96 bits per heavy atom. The Balaban J connectivity index is 1.70. The van der Waals surface area contributed by atoms with Crippen molar-refractivity contribution in [1.29, 1.82) is 0 Å². The first kappa shape index (κ1) is 18.2. The fourth-order valence-corrected chi connectivity index (χ4v) is 4.45. The van der Waals surface area contributed by atoms with Crippen molar-refractivity contribution in [2.24, 2.45) is 11.8 Å². The average Bonchev–Trinajstić information content (AvgIpc) is 2.93. The number of hydrogen-bond acceptors (Lipinski definition) is 3. The lowest BCUT2D eigenvalue weighted by molar-refractivity contribution is -0.149. The summed E-state index contributed by atoms with van der Waals surface area (Å²) in [6, 6.07) is 19.2. The lowest BCUT2D eigenvalue weighted by atomic mass is 9.61. The molecule has 2 aromatic rings. The zero-order valence-electron chi connectivity index (χ0n) is 15.3. The van der Waals surface area contributed by atoms with Crippen molar-refractivity contribution in [2.45, 2.75) is 30.7 Å². The van der Waals surface area contributed by atoms with Crippen LogP contribution >= 0.6 is 0 Å². The molecule has 1 unspecified atom stereocenters. The SMILES string of the molecule is O=C1NC(=O)C(CC(c2ccccc2)c2ccccc2)(C2CC(C(=O)O)C2)N1. The van der Waals surface area contributed by atoms with Gasteiger partial charge in [0.2, 0.25) is 0 Å². The molecule has 0 radical (unpaired) electrons. The third-order valence-electron chi connectivity index (χ3n) is 6.08. The van der Waals surface area contributed by atoms with Gasteiger partial charge < -0.3 is 10.4 Å². The van der Waals surface area contributed by atoms with Gasteiger partial charge in [-0.1, -0.05) is 60.7 Å². The molecule has 1 saturated heterocycles. The fourth-order valence-electron chi connectivity index (χ4n) is 4.45. The summed E-state index contributed by atoms with van der Waals surface area (Å²) in [5.74, 6) is -1.97. The minimum absolute atomic E-state index is 0.101. The summed E-state index contributed by atoms with van der Waals surface area (Å²) in [6.45, 7) is 0. The Kier molecular flexibility index (Phi) is 4.63. The molecule has 4 rings (SSSR count). The number of imide groups is 1. The number of hydrogen-bond donors (Lipinski definition) is 3. The molecule has 2 aromatic carbocycles. The molecule has 1 aliphatic carbocycles. The van der Waals surface area contributed by atoms with Crippen molar-refractivity contribution in [3.63, 3.8) is 0 Å². The average molecular weight is 378 g/mol. The van der Waals surface area contributed by atoms with E-state index in [0.717, 1.165) is 11.1 Å². The van der Waals surface area contributed by atoms with Crippen LogP contribution in [-0.4, -0.2) is 28.6 Å². The van der Waals surface area contributed by atoms with Gasteiger partial charge in [-0.05, 0) is 36.3 Å². The minimum Gasteiger partial charge on any atom is -0.481 e. The molecule has 1 heterocycles. The van der Waals surface area contributed by atoms with Crippen molar-refractivity contribution < 1.29 is 19.5 Å². The van der Waals surface area contributed by atoms with Crippen LogP contribution in [0.3, 0.4) is 0 Å². The van der Waals surface area contributed by atoms with Crippen LogP contribution in [0.25, 0.3) is 0 Å². The van der Waals surface area contributed by atoms with E-state index in [4.69, 9.17) is 0 Å². The van der Waals surface area contributed by atoms with Crippen LogP contribution in [0.15, 0.2) is 60.7 Å². The van der Waals surface area contributed by atoms with E-state index < -0.39 is 23.5 Å². The summed E-state index contributed by atoms with van der Waals surface area (Å²) < 4.78 is 0. The lowest BCUT2D eigenvalue weighted by Gasteiger charge is -2.45. The molecule has 1 atom stereocenters. The van der Waals surface area contributed by atoms with E-state index in [2.05, 4.69) is 10.6 Å². The Hall–Kier alpha value is -3.15. The fraction of sp³-hybridized carbons (Fsp3) is 0.318. The first-order chi connectivity index (χ1) is 13.5. The van der Waals surface area contributed by atoms with Crippen LogP contribution in [0.4, 0.5) is 4.79 Å². The standard InChI is InChI=1S/C22H22N2O4/c25-19(26)16-11-17(12-16)22(20(27)23-21(28)24-22)13-18(14-7-3-1-4-8-14)15-9-5-2-6-10-15/h1-10,16-18H,11-13H2,(H,25,26)(H2,23,24,27,28). The Bertz CT molecular complexity index is 854. The molecule has 1 aliphatic heterocycles. The van der Waals surface area contributed by atoms with Gasteiger partial charge in [-0.3, -0.25) is 14.9 Å². The molecule has 1 saturated carbocycles. The van der Waals surface area contributed by atoms with Gasteiger partial charge in [0.1, 0.15) is 5.54 Å². The number of carbonyl (C=O) groups is 3. The molecular formula is C22H22N2O4. The van der Waals surface area contributed by atoms with Crippen molar-refractivity contribution in [3.8, 4) is 0 Å². The van der Waals surface area contributed by atoms with Crippen molar-refractivity contribution >= 4 is 17.9 Å². The van der Waals surface area contributed by atoms with Gasteiger partial charge in [0, 0.05) is 5.92 Å². The van der Waals surface area contributed by atoms with Gasteiger partial charge in [-0.25, -0.2) is 4.79 Å². The predicted molar refractivity (Wildman–Crippen MR) is 103 cm³/mol. The normalized spacial score (nSPS) is 26.5.